The Balaban J connectivity index is 0.000000105. The van der Waals surface area contributed by atoms with Crippen molar-refractivity contribution in [3.05, 3.63) is 509 Å². The topological polar surface area (TPSA) is 118 Å². The van der Waals surface area contributed by atoms with Crippen molar-refractivity contribution >= 4 is 178 Å². The van der Waals surface area contributed by atoms with Crippen LogP contribution < -0.4 is 47.7 Å². The second-order valence-electron chi connectivity index (χ2n) is 39.4. The van der Waals surface area contributed by atoms with E-state index < -0.39 is 21.4 Å². The number of hydrogen-bond acceptors (Lipinski definition) is 7. The predicted octanol–water partition coefficient (Wildman–Crippen LogP) is 30.4. The molecule has 0 saturated heterocycles. The van der Waals surface area contributed by atoms with Gasteiger partial charge >= 0.3 is 0 Å². The first-order valence-electron chi connectivity index (χ1n) is 50.3. The van der Waals surface area contributed by atoms with Gasteiger partial charge in [-0.05, 0) is 166 Å². The maximum absolute atomic E-state index is 15.8. The van der Waals surface area contributed by atoms with Crippen molar-refractivity contribution in [2.45, 2.75) is 19.3 Å². The van der Waals surface area contributed by atoms with Crippen LogP contribution >= 0.6 is 21.4 Å². The molecule has 3 atom stereocenters. The summed E-state index contributed by atoms with van der Waals surface area (Å²) in [5.74, 6) is 1.15. The molecule has 27 aromatic rings. The fourth-order valence-corrected chi connectivity index (χ4v) is 34.4. The molecular weight excluding hydrogens is 1860 g/mol. The van der Waals surface area contributed by atoms with Crippen LogP contribution in [-0.2, 0) is 19.1 Å². The van der Waals surface area contributed by atoms with Gasteiger partial charge in [-0.2, -0.15) is 0 Å². The fraction of sp³-hybridized carbons (Fsp3) is 0.0222. The third-order valence-electron chi connectivity index (χ3n) is 31.2. The highest BCUT2D eigenvalue weighted by Gasteiger charge is 2.47. The Morgan fingerprint density at radius 2 is 0.547 bits per heavy atom. The summed E-state index contributed by atoms with van der Waals surface area (Å²) in [4.78, 5) is 21.2. The Kier molecular flexibility index (Phi) is 19.7. The first kappa shape index (κ1) is 86.8. The second kappa shape index (κ2) is 33.6. The second-order valence-corrected chi connectivity index (χ2v) is 47.4. The van der Waals surface area contributed by atoms with Crippen LogP contribution in [0.4, 0.5) is 0 Å². The summed E-state index contributed by atoms with van der Waals surface area (Å²) in [6.45, 7) is 4.65. The largest absolute Gasteiger partial charge is 0.309 e. The third-order valence-corrected chi connectivity index (χ3v) is 40.8. The van der Waals surface area contributed by atoms with Crippen molar-refractivity contribution in [2.75, 3.05) is 0 Å². The van der Waals surface area contributed by atoms with E-state index in [4.69, 9.17) is 19.9 Å². The molecule has 5 aromatic heterocycles. The van der Waals surface area contributed by atoms with E-state index in [0.29, 0.717) is 11.9 Å². The molecule has 13 heteroatoms. The first-order chi connectivity index (χ1) is 72.8. The van der Waals surface area contributed by atoms with Crippen molar-refractivity contribution in [3.63, 3.8) is 0 Å². The number of rotatable bonds is 10. The van der Waals surface area contributed by atoms with Crippen molar-refractivity contribution in [1.29, 1.82) is 0 Å². The zero-order valence-electron chi connectivity index (χ0n) is 80.5. The Labute approximate surface area is 853 Å². The number of nitrogens with zero attached hydrogens (tertiary/aromatic N) is 7. The highest BCUT2D eigenvalue weighted by atomic mass is 31.2. The van der Waals surface area contributed by atoms with Crippen molar-refractivity contribution in [2.24, 2.45) is 0 Å². The smallest absolute Gasteiger partial charge is 0.235 e. The Bertz CT molecular complexity index is 10500. The van der Waals surface area contributed by atoms with Crippen molar-refractivity contribution in [1.82, 2.24) is 33.6 Å². The molecule has 0 fully saturated rings. The van der Waals surface area contributed by atoms with Gasteiger partial charge in [-0.3, -0.25) is 9.13 Å². The molecule has 4 aliphatic rings. The van der Waals surface area contributed by atoms with Gasteiger partial charge in [0.1, 0.15) is 0 Å². The predicted molar refractivity (Wildman–Crippen MR) is 618 cm³/mol. The average molecular weight is 1950 g/mol. The van der Waals surface area contributed by atoms with Crippen LogP contribution in [0.15, 0.2) is 497 Å². The maximum atomic E-state index is 15.8. The molecule has 22 aromatic carbocycles. The van der Waals surface area contributed by atoms with Gasteiger partial charge in [0.15, 0.2) is 21.4 Å². The van der Waals surface area contributed by atoms with Gasteiger partial charge in [-0.1, -0.05) is 445 Å². The third kappa shape index (κ3) is 12.9. The van der Waals surface area contributed by atoms with Crippen molar-refractivity contribution < 1.29 is 13.7 Å². The monoisotopic (exact) mass is 1950 g/mol. The zero-order valence-corrected chi connectivity index (χ0v) is 83.2. The molecule has 3 aliphatic heterocycles. The molecule has 31 rings (SSSR count). The molecule has 0 spiro atoms. The summed E-state index contributed by atoms with van der Waals surface area (Å²) in [5, 5.41) is 21.2. The van der Waals surface area contributed by atoms with Crippen LogP contribution in [0.1, 0.15) is 25.0 Å². The van der Waals surface area contributed by atoms with Gasteiger partial charge in [0, 0.05) is 113 Å². The lowest BCUT2D eigenvalue weighted by Gasteiger charge is -2.22. The van der Waals surface area contributed by atoms with Gasteiger partial charge in [0.05, 0.1) is 55.5 Å². The summed E-state index contributed by atoms with van der Waals surface area (Å²) in [6.07, 6.45) is 0. The minimum atomic E-state index is -3.23. The van der Waals surface area contributed by atoms with E-state index in [1.807, 2.05) is 158 Å². The quantitative estimate of drug-likeness (QED) is 0.125. The van der Waals surface area contributed by atoms with Gasteiger partial charge in [0.25, 0.3) is 0 Å². The number of aromatic nitrogens is 7. The molecular formula is C135H88N7O3P3. The first-order valence-corrected chi connectivity index (χ1v) is 55.4. The summed E-state index contributed by atoms with van der Waals surface area (Å²) in [6, 6.07) is 173. The van der Waals surface area contributed by atoms with Crippen LogP contribution in [0.2, 0.25) is 0 Å². The number of fused-ring (bicyclic) bond motifs is 28. The minimum Gasteiger partial charge on any atom is -0.309 e. The highest BCUT2D eigenvalue weighted by molar-refractivity contribution is 7.88. The zero-order chi connectivity index (χ0) is 98.4. The molecule has 696 valence electrons. The number of para-hydroxylation sites is 5. The van der Waals surface area contributed by atoms with Gasteiger partial charge < -0.3 is 18.3 Å². The molecule has 0 amide bonds. The van der Waals surface area contributed by atoms with Crippen molar-refractivity contribution in [3.8, 4) is 107 Å². The van der Waals surface area contributed by atoms with E-state index in [9.17, 15) is 0 Å². The van der Waals surface area contributed by atoms with Crippen LogP contribution in [0.25, 0.3) is 216 Å². The van der Waals surface area contributed by atoms with E-state index in [0.717, 1.165) is 208 Å². The molecule has 0 radical (unpaired) electrons. The standard InChI is InChI=1S/2C48H30N3OP.C39H28NOP/c52-53(34-15-2-1-3-16-34)44-24-11-8-18-37(44)38-29-30-43-45(47(38)53)40-20-7-10-23-42(40)51(43)48-49-41-22-9-6-19-39(41)46(50-48)33-27-25-32(26-28-33)36-21-12-14-31-13-4-5-17-35(31)36;52-53(36-14-2-1-3-15-36)44-21-11-8-16-37(44)38-28-29-43-45(47(38)53)40-18-7-10-20-42(40)51(43)48-49-41-19-9-6-17-39(41)46(50-48)33-25-22-32(23-26-33)35-27-24-31-12-4-5-13-34(31)30-35;1-39(2)32-17-9-6-14-27(32)28-21-20-25(24-33(28)39)40-34-18-10-7-16-31(34)37-35(40)23-22-30-29-15-8-11-19-36(29)42(41,38(30)37)26-12-4-3-5-13-26/h2*1-30H;3-24H,1-2H3. The van der Waals surface area contributed by atoms with Gasteiger partial charge in [-0.15, -0.1) is 0 Å². The summed E-state index contributed by atoms with van der Waals surface area (Å²) >= 11 is 0. The molecule has 3 unspecified atom stereocenters. The Morgan fingerprint density at radius 1 is 0.209 bits per heavy atom. The molecule has 0 saturated carbocycles. The van der Waals surface area contributed by atoms with Crippen LogP contribution in [0.3, 0.4) is 0 Å². The van der Waals surface area contributed by atoms with Gasteiger partial charge in [-0.25, -0.2) is 19.9 Å². The Hall–Kier alpha value is -17.9. The average Bonchev–Trinajstić information content (AvgIpc) is 1.53. The lowest BCUT2D eigenvalue weighted by atomic mass is 9.82. The maximum Gasteiger partial charge on any atom is 0.235 e. The molecule has 8 heterocycles. The molecule has 0 N–H and O–H groups in total. The molecule has 1 aliphatic carbocycles. The lowest BCUT2D eigenvalue weighted by Crippen LogP contribution is -2.21. The lowest BCUT2D eigenvalue weighted by molar-refractivity contribution is 0.592. The van der Waals surface area contributed by atoms with E-state index in [1.54, 1.807) is 0 Å². The number of hydrogen-bond donors (Lipinski definition) is 0. The van der Waals surface area contributed by atoms with E-state index in [-0.39, 0.29) is 5.41 Å². The normalized spacial score (nSPS) is 15.7. The molecule has 148 heavy (non-hydrogen) atoms. The Morgan fingerprint density at radius 3 is 1.03 bits per heavy atom. The summed E-state index contributed by atoms with van der Waals surface area (Å²) in [5.41, 5.74) is 28.9. The van der Waals surface area contributed by atoms with Crippen LogP contribution in [-0.4, -0.2) is 33.6 Å². The van der Waals surface area contributed by atoms with E-state index in [1.165, 1.54) is 54.9 Å². The summed E-state index contributed by atoms with van der Waals surface area (Å²) < 4.78 is 54.0. The molecule has 0 bridgehead atoms. The molecule has 10 nitrogen and oxygen atoms in total. The minimum absolute atomic E-state index is 0.0907. The summed E-state index contributed by atoms with van der Waals surface area (Å²) in [7, 11) is -9.57. The van der Waals surface area contributed by atoms with Crippen LogP contribution in [0, 0.1) is 0 Å². The highest BCUT2D eigenvalue weighted by Crippen LogP contribution is 2.60. The van der Waals surface area contributed by atoms with E-state index >= 15 is 13.7 Å². The van der Waals surface area contributed by atoms with E-state index in [2.05, 4.69) is 367 Å². The van der Waals surface area contributed by atoms with Gasteiger partial charge in [0.2, 0.25) is 11.9 Å². The SMILES string of the molecule is CC1(C)c2ccccc2-c2ccc(-n3c4ccccc4c4c5c(ccc43)-c3ccccc3P5(=O)c3ccccc3)cc21.O=P1(c2ccccc2)c2ccccc2-c2ccc3c(c21)c1ccccc1n3-c1nc(-c2ccc(-c3ccc4ccccc4c3)cc2)c2ccccc2n1.O=P1(c2ccccc2)c2ccccc2-c2ccc3c(c21)c1ccccc1n3-c1nc(-c2ccc(-c3cccc4ccccc34)cc2)c2ccccc2n1. The fourth-order valence-electron chi connectivity index (χ4n) is 24.6. The number of benzene rings is 22. The van der Waals surface area contributed by atoms with Crippen LogP contribution in [0.5, 0.6) is 0 Å².